The van der Waals surface area contributed by atoms with Gasteiger partial charge in [-0.15, -0.1) is 11.3 Å². The van der Waals surface area contributed by atoms with Gasteiger partial charge in [0.25, 0.3) is 5.56 Å². The summed E-state index contributed by atoms with van der Waals surface area (Å²) in [5.74, 6) is -0.00000772. The first kappa shape index (κ1) is 20.8. The fraction of sp³-hybridized carbons (Fsp3) is 0.136. The molecule has 0 spiro atoms. The number of aromatic nitrogens is 2. The summed E-state index contributed by atoms with van der Waals surface area (Å²) in [6, 6.07) is 17.1. The highest BCUT2D eigenvalue weighted by Crippen LogP contribution is 2.24. The molecular formula is C22H18BrN3O2S2. The van der Waals surface area contributed by atoms with Gasteiger partial charge in [0.15, 0.2) is 5.16 Å². The van der Waals surface area contributed by atoms with Crippen molar-refractivity contribution in [3.8, 4) is 5.69 Å². The molecule has 0 fully saturated rings. The Labute approximate surface area is 190 Å². The van der Waals surface area contributed by atoms with Crippen molar-refractivity contribution in [1.82, 2.24) is 9.55 Å². The number of aryl methyl sites for hydroxylation is 1. The second kappa shape index (κ2) is 9.16. The number of halogens is 1. The molecule has 0 aliphatic heterocycles. The maximum atomic E-state index is 13.1. The number of benzene rings is 2. The zero-order valence-electron chi connectivity index (χ0n) is 16.1. The van der Waals surface area contributed by atoms with Crippen molar-refractivity contribution in [2.75, 3.05) is 11.1 Å². The number of fused-ring (bicyclic) bond motifs is 1. The van der Waals surface area contributed by atoms with Crippen molar-refractivity contribution in [1.29, 1.82) is 0 Å². The molecule has 0 atom stereocenters. The number of thiophene rings is 1. The SMILES string of the molecule is CCc1ccc(NC(=O)CSc2nc3ccsc3c(=O)n2-c2ccc(Br)cc2)cc1. The van der Waals surface area contributed by atoms with Crippen LogP contribution in [0, 0.1) is 0 Å². The van der Waals surface area contributed by atoms with Crippen molar-refractivity contribution in [2.24, 2.45) is 0 Å². The Morgan fingerprint density at radius 3 is 2.57 bits per heavy atom. The maximum absolute atomic E-state index is 13.1. The lowest BCUT2D eigenvalue weighted by Gasteiger charge is -2.12. The van der Waals surface area contributed by atoms with Crippen LogP contribution in [-0.4, -0.2) is 21.2 Å². The summed E-state index contributed by atoms with van der Waals surface area (Å²) in [6.07, 6.45) is 0.953. The first-order chi connectivity index (χ1) is 14.5. The number of thioether (sulfide) groups is 1. The van der Waals surface area contributed by atoms with Gasteiger partial charge in [-0.1, -0.05) is 46.7 Å². The van der Waals surface area contributed by atoms with E-state index in [0.717, 1.165) is 16.6 Å². The van der Waals surface area contributed by atoms with E-state index in [-0.39, 0.29) is 17.2 Å². The molecule has 8 heteroatoms. The second-order valence-corrected chi connectivity index (χ2v) is 9.31. The Kier molecular flexibility index (Phi) is 6.36. The number of hydrogen-bond acceptors (Lipinski definition) is 5. The molecule has 2 aromatic carbocycles. The Hall–Kier alpha value is -2.42. The molecule has 0 unspecified atom stereocenters. The van der Waals surface area contributed by atoms with Crippen LogP contribution < -0.4 is 10.9 Å². The largest absolute Gasteiger partial charge is 0.325 e. The molecule has 0 aliphatic carbocycles. The van der Waals surface area contributed by atoms with E-state index in [1.807, 2.05) is 60.0 Å². The molecule has 0 radical (unpaired) electrons. The van der Waals surface area contributed by atoms with Crippen LogP contribution >= 0.6 is 39.0 Å². The lowest BCUT2D eigenvalue weighted by molar-refractivity contribution is -0.113. The van der Waals surface area contributed by atoms with Crippen molar-refractivity contribution >= 4 is 60.8 Å². The minimum absolute atomic E-state index is 0.129. The van der Waals surface area contributed by atoms with Gasteiger partial charge in [-0.2, -0.15) is 0 Å². The number of rotatable bonds is 6. The molecule has 2 heterocycles. The lowest BCUT2D eigenvalue weighted by Crippen LogP contribution is -2.22. The van der Waals surface area contributed by atoms with Crippen LogP contribution in [-0.2, 0) is 11.2 Å². The average Bonchev–Trinajstić information content (AvgIpc) is 3.23. The summed E-state index contributed by atoms with van der Waals surface area (Å²) in [7, 11) is 0. The fourth-order valence-electron chi connectivity index (χ4n) is 2.96. The molecule has 4 rings (SSSR count). The topological polar surface area (TPSA) is 64.0 Å². The third kappa shape index (κ3) is 4.50. The smallest absolute Gasteiger partial charge is 0.276 e. The van der Waals surface area contributed by atoms with Crippen LogP contribution in [0.5, 0.6) is 0 Å². The summed E-state index contributed by atoms with van der Waals surface area (Å²) >= 11 is 6.04. The van der Waals surface area contributed by atoms with Crippen molar-refractivity contribution < 1.29 is 4.79 Å². The van der Waals surface area contributed by atoms with E-state index in [0.29, 0.717) is 21.1 Å². The van der Waals surface area contributed by atoms with E-state index in [2.05, 4.69) is 33.2 Å². The number of hydrogen-bond donors (Lipinski definition) is 1. The zero-order valence-corrected chi connectivity index (χ0v) is 19.3. The van der Waals surface area contributed by atoms with Gasteiger partial charge in [-0.3, -0.25) is 14.2 Å². The number of carbonyl (C=O) groups excluding carboxylic acids is 1. The average molecular weight is 500 g/mol. The molecule has 0 bridgehead atoms. The minimum atomic E-state index is -0.147. The van der Waals surface area contributed by atoms with E-state index in [4.69, 9.17) is 0 Å². The maximum Gasteiger partial charge on any atom is 0.276 e. The number of nitrogens with one attached hydrogen (secondary N) is 1. The van der Waals surface area contributed by atoms with Crippen LogP contribution in [0.4, 0.5) is 5.69 Å². The molecule has 1 N–H and O–H groups in total. The van der Waals surface area contributed by atoms with Gasteiger partial charge in [0, 0.05) is 10.2 Å². The van der Waals surface area contributed by atoms with Gasteiger partial charge >= 0.3 is 0 Å². The fourth-order valence-corrected chi connectivity index (χ4v) is 4.79. The predicted molar refractivity (Wildman–Crippen MR) is 128 cm³/mol. The molecule has 0 saturated heterocycles. The van der Waals surface area contributed by atoms with E-state index in [1.165, 1.54) is 28.7 Å². The van der Waals surface area contributed by atoms with Crippen molar-refractivity contribution in [3.63, 3.8) is 0 Å². The minimum Gasteiger partial charge on any atom is -0.325 e. The number of anilines is 1. The van der Waals surface area contributed by atoms with E-state index >= 15 is 0 Å². The monoisotopic (exact) mass is 499 g/mol. The van der Waals surface area contributed by atoms with Gasteiger partial charge in [0.2, 0.25) is 5.91 Å². The Bertz CT molecular complexity index is 1250. The number of amides is 1. The van der Waals surface area contributed by atoms with Crippen LogP contribution in [0.25, 0.3) is 15.9 Å². The van der Waals surface area contributed by atoms with Gasteiger partial charge in [0.1, 0.15) is 4.70 Å². The highest BCUT2D eigenvalue weighted by atomic mass is 79.9. The first-order valence-electron chi connectivity index (χ1n) is 9.33. The van der Waals surface area contributed by atoms with Crippen LogP contribution in [0.2, 0.25) is 0 Å². The highest BCUT2D eigenvalue weighted by Gasteiger charge is 2.16. The highest BCUT2D eigenvalue weighted by molar-refractivity contribution is 9.10. The number of carbonyl (C=O) groups is 1. The summed E-state index contributed by atoms with van der Waals surface area (Å²) in [5, 5.41) is 5.24. The third-order valence-electron chi connectivity index (χ3n) is 4.51. The molecule has 1 amide bonds. The van der Waals surface area contributed by atoms with E-state index < -0.39 is 0 Å². The van der Waals surface area contributed by atoms with Gasteiger partial charge in [0.05, 0.1) is 17.0 Å². The molecule has 5 nitrogen and oxygen atoms in total. The van der Waals surface area contributed by atoms with Gasteiger partial charge in [-0.25, -0.2) is 4.98 Å². The normalized spacial score (nSPS) is 11.0. The lowest BCUT2D eigenvalue weighted by atomic mass is 10.1. The molecular weight excluding hydrogens is 482 g/mol. The Morgan fingerprint density at radius 1 is 1.13 bits per heavy atom. The van der Waals surface area contributed by atoms with Gasteiger partial charge in [-0.05, 0) is 59.8 Å². The molecule has 4 aromatic rings. The molecule has 0 aliphatic rings. The Balaban J connectivity index is 1.59. The Morgan fingerprint density at radius 2 is 1.87 bits per heavy atom. The second-order valence-electron chi connectivity index (χ2n) is 6.53. The summed E-state index contributed by atoms with van der Waals surface area (Å²) in [5.41, 5.74) is 3.20. The molecule has 0 saturated carbocycles. The molecule has 30 heavy (non-hydrogen) atoms. The zero-order chi connectivity index (χ0) is 21.1. The quantitative estimate of drug-likeness (QED) is 0.281. The molecule has 2 aromatic heterocycles. The standard InChI is InChI=1S/C22H18BrN3O2S2/c1-2-14-3-7-16(8-4-14)24-19(27)13-30-22-25-18-11-12-29-20(18)21(28)26(22)17-9-5-15(23)6-10-17/h3-12H,2,13H2,1H3,(H,24,27). The predicted octanol–water partition coefficient (Wildman–Crippen LogP) is 5.50. The van der Waals surface area contributed by atoms with Gasteiger partial charge < -0.3 is 5.32 Å². The summed E-state index contributed by atoms with van der Waals surface area (Å²) in [6.45, 7) is 2.09. The molecule has 152 valence electrons. The van der Waals surface area contributed by atoms with E-state index in [1.54, 1.807) is 4.57 Å². The van der Waals surface area contributed by atoms with Crippen LogP contribution in [0.3, 0.4) is 0 Å². The first-order valence-corrected chi connectivity index (χ1v) is 12.0. The van der Waals surface area contributed by atoms with E-state index in [9.17, 15) is 9.59 Å². The van der Waals surface area contributed by atoms with Crippen LogP contribution in [0.15, 0.2) is 74.4 Å². The summed E-state index contributed by atoms with van der Waals surface area (Å²) in [4.78, 5) is 30.2. The van der Waals surface area contributed by atoms with Crippen molar-refractivity contribution in [2.45, 2.75) is 18.5 Å². The number of nitrogens with zero attached hydrogens (tertiary/aromatic N) is 2. The van der Waals surface area contributed by atoms with Crippen LogP contribution in [0.1, 0.15) is 12.5 Å². The van der Waals surface area contributed by atoms with Crippen molar-refractivity contribution in [3.05, 3.63) is 80.4 Å². The summed E-state index contributed by atoms with van der Waals surface area (Å²) < 4.78 is 3.09. The third-order valence-corrected chi connectivity index (χ3v) is 6.87.